The number of rotatable bonds is 6. The summed E-state index contributed by atoms with van der Waals surface area (Å²) < 4.78 is 17.3. The average Bonchev–Trinajstić information content (AvgIpc) is 3.54. The van der Waals surface area contributed by atoms with Gasteiger partial charge in [0.05, 0.1) is 18.3 Å². The van der Waals surface area contributed by atoms with E-state index in [1.165, 1.54) is 17.7 Å². The molecule has 6 rings (SSSR count). The molecule has 1 fully saturated rings. The van der Waals surface area contributed by atoms with Crippen LogP contribution < -0.4 is 11.1 Å². The van der Waals surface area contributed by atoms with E-state index in [0.29, 0.717) is 6.54 Å². The van der Waals surface area contributed by atoms with Crippen molar-refractivity contribution in [1.29, 1.82) is 0 Å². The van der Waals surface area contributed by atoms with Gasteiger partial charge in [-0.05, 0) is 53.9 Å². The number of fused-ring (bicyclic) bond motifs is 2. The number of hydrogen-bond donors (Lipinski definition) is 2. The van der Waals surface area contributed by atoms with Crippen LogP contribution in [0.1, 0.15) is 17.5 Å². The van der Waals surface area contributed by atoms with E-state index in [2.05, 4.69) is 31.5 Å². The third-order valence-corrected chi connectivity index (χ3v) is 6.37. The molecule has 2 aromatic carbocycles. The van der Waals surface area contributed by atoms with E-state index in [-0.39, 0.29) is 11.9 Å². The zero-order valence-corrected chi connectivity index (χ0v) is 18.6. The summed E-state index contributed by atoms with van der Waals surface area (Å²) in [6.45, 7) is 3.24. The molecule has 3 N–H and O–H groups in total. The largest absolute Gasteiger partial charge is 0.338 e. The van der Waals surface area contributed by atoms with Crippen molar-refractivity contribution in [2.24, 2.45) is 5.73 Å². The minimum absolute atomic E-state index is 0.242. The number of likely N-dealkylation sites (tertiary alicyclic amines) is 1. The third-order valence-electron chi connectivity index (χ3n) is 6.37. The highest BCUT2D eigenvalue weighted by molar-refractivity contribution is 5.85. The van der Waals surface area contributed by atoms with Gasteiger partial charge in [0.1, 0.15) is 17.7 Å². The van der Waals surface area contributed by atoms with Gasteiger partial charge in [-0.2, -0.15) is 10.2 Å². The van der Waals surface area contributed by atoms with E-state index < -0.39 is 0 Å². The average molecular weight is 457 g/mol. The number of nitrogens with one attached hydrogen (secondary N) is 1. The van der Waals surface area contributed by atoms with E-state index in [0.717, 1.165) is 59.5 Å². The van der Waals surface area contributed by atoms with Gasteiger partial charge in [0.15, 0.2) is 5.82 Å². The molecule has 1 unspecified atom stereocenters. The van der Waals surface area contributed by atoms with E-state index in [4.69, 9.17) is 5.73 Å². The van der Waals surface area contributed by atoms with Crippen molar-refractivity contribution >= 4 is 27.9 Å². The summed E-state index contributed by atoms with van der Waals surface area (Å²) in [6.07, 6.45) is 6.38. The summed E-state index contributed by atoms with van der Waals surface area (Å²) in [5.41, 5.74) is 11.0. The predicted octanol–water partition coefficient (Wildman–Crippen LogP) is 3.54. The Morgan fingerprint density at radius 3 is 2.88 bits per heavy atom. The van der Waals surface area contributed by atoms with Gasteiger partial charge in [0.25, 0.3) is 0 Å². The van der Waals surface area contributed by atoms with Crippen LogP contribution in [0.5, 0.6) is 0 Å². The summed E-state index contributed by atoms with van der Waals surface area (Å²) in [6, 6.07) is 15.0. The van der Waals surface area contributed by atoms with Gasteiger partial charge >= 0.3 is 0 Å². The van der Waals surface area contributed by atoms with Crippen LogP contribution in [0, 0.1) is 5.82 Å². The van der Waals surface area contributed by atoms with Crippen molar-refractivity contribution in [2.45, 2.75) is 25.6 Å². The highest BCUT2D eigenvalue weighted by Gasteiger charge is 2.21. The van der Waals surface area contributed by atoms with Gasteiger partial charge < -0.3 is 11.1 Å². The van der Waals surface area contributed by atoms with Crippen molar-refractivity contribution in [3.8, 4) is 0 Å². The molecule has 9 heteroatoms. The van der Waals surface area contributed by atoms with Gasteiger partial charge in [0.2, 0.25) is 0 Å². The molecule has 1 aliphatic heterocycles. The number of hydrogen-bond acceptors (Lipinski definition) is 6. The first-order chi connectivity index (χ1) is 16.6. The summed E-state index contributed by atoms with van der Waals surface area (Å²) in [5, 5.41) is 13.3. The maximum Gasteiger partial charge on any atom is 0.158 e. The summed E-state index contributed by atoms with van der Waals surface area (Å²) in [4.78, 5) is 6.90. The molecule has 1 aliphatic rings. The Labute approximate surface area is 195 Å². The van der Waals surface area contributed by atoms with E-state index in [1.807, 2.05) is 45.9 Å². The molecule has 0 radical (unpaired) electrons. The van der Waals surface area contributed by atoms with Crippen molar-refractivity contribution in [3.05, 3.63) is 84.2 Å². The first kappa shape index (κ1) is 20.8. The van der Waals surface area contributed by atoms with E-state index >= 15 is 0 Å². The lowest BCUT2D eigenvalue weighted by Gasteiger charge is -2.15. The first-order valence-corrected chi connectivity index (χ1v) is 11.4. The minimum Gasteiger partial charge on any atom is -0.338 e. The summed E-state index contributed by atoms with van der Waals surface area (Å²) >= 11 is 0. The molecule has 0 bridgehead atoms. The number of nitrogens with two attached hydrogens (primary N) is 1. The fraction of sp³-hybridized carbons (Fsp3) is 0.240. The molecule has 0 saturated carbocycles. The van der Waals surface area contributed by atoms with Crippen molar-refractivity contribution in [3.63, 3.8) is 0 Å². The zero-order valence-electron chi connectivity index (χ0n) is 18.6. The van der Waals surface area contributed by atoms with Crippen molar-refractivity contribution < 1.29 is 4.39 Å². The van der Waals surface area contributed by atoms with Crippen molar-refractivity contribution in [2.75, 3.05) is 18.4 Å². The predicted molar refractivity (Wildman–Crippen MR) is 129 cm³/mol. The molecule has 0 aliphatic carbocycles. The summed E-state index contributed by atoms with van der Waals surface area (Å²) in [7, 11) is 0. The monoisotopic (exact) mass is 456 g/mol. The Morgan fingerprint density at radius 1 is 1.09 bits per heavy atom. The van der Waals surface area contributed by atoms with Crippen molar-refractivity contribution in [1.82, 2.24) is 29.3 Å². The van der Waals surface area contributed by atoms with Crippen LogP contribution in [0.4, 0.5) is 15.9 Å². The summed E-state index contributed by atoms with van der Waals surface area (Å²) in [5.74, 6) is 0.513. The number of benzene rings is 2. The second kappa shape index (κ2) is 8.51. The molecule has 3 aromatic heterocycles. The van der Waals surface area contributed by atoms with Crippen LogP contribution in [-0.2, 0) is 13.1 Å². The Bertz CT molecular complexity index is 1470. The lowest BCUT2D eigenvalue weighted by atomic mass is 10.2. The van der Waals surface area contributed by atoms with Crippen LogP contribution in [0.2, 0.25) is 0 Å². The van der Waals surface area contributed by atoms with Crippen LogP contribution in [0.15, 0.2) is 67.3 Å². The Hall–Kier alpha value is -3.82. The smallest absolute Gasteiger partial charge is 0.158 e. The van der Waals surface area contributed by atoms with Gasteiger partial charge in [-0.25, -0.2) is 13.9 Å². The van der Waals surface area contributed by atoms with E-state index in [1.54, 1.807) is 12.4 Å². The Morgan fingerprint density at radius 2 is 2.03 bits per heavy atom. The molecule has 0 spiro atoms. The highest BCUT2D eigenvalue weighted by atomic mass is 19.1. The van der Waals surface area contributed by atoms with Crippen LogP contribution in [0.3, 0.4) is 0 Å². The number of anilines is 2. The molecule has 172 valence electrons. The maximum absolute atomic E-state index is 13.6. The SMILES string of the molecule is NC1CCN(Cc2ccn3ncnc(Nc4ccc5c(cnn5Cc5cccc(F)c5)c4)c23)C1. The molecule has 34 heavy (non-hydrogen) atoms. The van der Waals surface area contributed by atoms with Crippen LogP contribution in [-0.4, -0.2) is 48.4 Å². The van der Waals surface area contributed by atoms with Gasteiger partial charge in [-0.3, -0.25) is 9.58 Å². The van der Waals surface area contributed by atoms with Gasteiger partial charge in [0, 0.05) is 42.9 Å². The number of aromatic nitrogens is 5. The van der Waals surface area contributed by atoms with Gasteiger partial charge in [-0.1, -0.05) is 12.1 Å². The second-order valence-corrected chi connectivity index (χ2v) is 8.86. The normalized spacial score (nSPS) is 16.6. The first-order valence-electron chi connectivity index (χ1n) is 11.4. The maximum atomic E-state index is 13.6. The second-order valence-electron chi connectivity index (χ2n) is 8.86. The molecule has 5 aromatic rings. The molecule has 1 saturated heterocycles. The molecule has 1 atom stereocenters. The Balaban J connectivity index is 1.27. The lowest BCUT2D eigenvalue weighted by Crippen LogP contribution is -2.26. The molecular weight excluding hydrogens is 431 g/mol. The van der Waals surface area contributed by atoms with Crippen LogP contribution >= 0.6 is 0 Å². The molecule has 4 heterocycles. The van der Waals surface area contributed by atoms with E-state index in [9.17, 15) is 4.39 Å². The van der Waals surface area contributed by atoms with Crippen LogP contribution in [0.25, 0.3) is 16.4 Å². The number of nitrogens with zero attached hydrogens (tertiary/aromatic N) is 6. The Kier molecular flexibility index (Phi) is 5.20. The highest BCUT2D eigenvalue weighted by Crippen LogP contribution is 2.27. The fourth-order valence-electron chi connectivity index (χ4n) is 4.72. The lowest BCUT2D eigenvalue weighted by molar-refractivity contribution is 0.328. The minimum atomic E-state index is -0.242. The topological polar surface area (TPSA) is 89.3 Å². The zero-order chi connectivity index (χ0) is 23.1. The molecule has 0 amide bonds. The molecule has 8 nitrogen and oxygen atoms in total. The van der Waals surface area contributed by atoms with Gasteiger partial charge in [-0.15, -0.1) is 0 Å². The third kappa shape index (κ3) is 4.00. The number of halogens is 1. The standard InChI is InChI=1S/C25H25FN8/c26-20-3-1-2-17(10-20)13-34-23-5-4-22(11-19(23)12-29-34)31-25-24-18(6-9-33(24)30-16-28-25)14-32-8-7-21(27)15-32/h1-6,9-12,16,21H,7-8,13-15,27H2,(H,28,30,31). The molecular formula is C25H25FN8. The fourth-order valence-corrected chi connectivity index (χ4v) is 4.72. The quantitative estimate of drug-likeness (QED) is 0.406.